The number of rotatable bonds is 10. The highest BCUT2D eigenvalue weighted by atomic mass is 16.7. The number of hydrogen-bond donors (Lipinski definition) is 2. The summed E-state index contributed by atoms with van der Waals surface area (Å²) in [4.78, 5) is 37.4. The average molecular weight is 420 g/mol. The fraction of sp³-hybridized carbons (Fsp3) is 0.818. The smallest absolute Gasteiger partial charge is 0.224 e. The van der Waals surface area contributed by atoms with E-state index in [4.69, 9.17) is 9.47 Å². The number of fused-ring (bicyclic) bond motifs is 1. The van der Waals surface area contributed by atoms with Gasteiger partial charge in [-0.15, -0.1) is 0 Å². The molecule has 3 aliphatic heterocycles. The molecule has 0 aromatic rings. The lowest BCUT2D eigenvalue weighted by atomic mass is 9.85. The summed E-state index contributed by atoms with van der Waals surface area (Å²) < 4.78 is 11.1. The van der Waals surface area contributed by atoms with Crippen LogP contribution in [0, 0.1) is 40.9 Å². The maximum Gasteiger partial charge on any atom is 0.224 e. The second kappa shape index (κ2) is 10.4. The molecule has 0 radical (unpaired) electrons. The number of carbonyl (C=O) groups excluding carboxylic acids is 3. The van der Waals surface area contributed by atoms with E-state index in [1.807, 2.05) is 13.8 Å². The lowest BCUT2D eigenvalue weighted by molar-refractivity contribution is -0.131. The first-order valence-electron chi connectivity index (χ1n) is 11.1. The van der Waals surface area contributed by atoms with Crippen LogP contribution in [0.25, 0.3) is 0 Å². The predicted molar refractivity (Wildman–Crippen MR) is 108 cm³/mol. The number of nitrogens with one attached hydrogen (secondary N) is 2. The number of ether oxygens (including phenoxy) is 2. The van der Waals surface area contributed by atoms with Gasteiger partial charge in [0.25, 0.3) is 0 Å². The highest BCUT2D eigenvalue weighted by Crippen LogP contribution is 2.37. The Bertz CT molecular complexity index is 689. The van der Waals surface area contributed by atoms with Gasteiger partial charge < -0.3 is 20.1 Å². The van der Waals surface area contributed by atoms with Crippen LogP contribution in [-0.4, -0.2) is 49.7 Å². The molecule has 0 aromatic heterocycles. The zero-order chi connectivity index (χ0) is 21.7. The number of nitrogens with zero attached hydrogens (tertiary/aromatic N) is 1. The summed E-state index contributed by atoms with van der Waals surface area (Å²) in [5.41, 5.74) is 0. The second-order valence-corrected chi connectivity index (χ2v) is 9.26. The quantitative estimate of drug-likeness (QED) is 0.555. The van der Waals surface area contributed by atoms with Gasteiger partial charge in [0.15, 0.2) is 6.29 Å². The van der Waals surface area contributed by atoms with Gasteiger partial charge in [-0.05, 0) is 37.5 Å². The molecule has 0 bridgehead atoms. The van der Waals surface area contributed by atoms with E-state index < -0.39 is 12.0 Å². The van der Waals surface area contributed by atoms with Gasteiger partial charge in [0.05, 0.1) is 19.3 Å². The molecule has 8 heteroatoms. The van der Waals surface area contributed by atoms with E-state index in [-0.39, 0.29) is 54.0 Å². The van der Waals surface area contributed by atoms with Crippen molar-refractivity contribution in [2.24, 2.45) is 29.6 Å². The van der Waals surface area contributed by atoms with Gasteiger partial charge in [0.2, 0.25) is 11.8 Å². The first kappa shape index (κ1) is 22.7. The highest BCUT2D eigenvalue weighted by Gasteiger charge is 2.42. The number of amides is 2. The molecule has 2 amide bonds. The van der Waals surface area contributed by atoms with Gasteiger partial charge in [-0.1, -0.05) is 13.8 Å². The summed E-state index contributed by atoms with van der Waals surface area (Å²) in [6, 6.07) is 1.37. The summed E-state index contributed by atoms with van der Waals surface area (Å²) >= 11 is 0. The third kappa shape index (κ3) is 5.79. The van der Waals surface area contributed by atoms with Crippen LogP contribution in [0.1, 0.15) is 52.4 Å². The molecule has 166 valence electrons. The van der Waals surface area contributed by atoms with E-state index in [2.05, 4.69) is 16.7 Å². The molecule has 3 heterocycles. The molecule has 3 saturated heterocycles. The van der Waals surface area contributed by atoms with Crippen molar-refractivity contribution in [3.8, 4) is 6.07 Å². The van der Waals surface area contributed by atoms with Crippen molar-refractivity contribution >= 4 is 17.6 Å². The third-order valence-electron chi connectivity index (χ3n) is 6.41. The Balaban J connectivity index is 1.54. The summed E-state index contributed by atoms with van der Waals surface area (Å²) in [5, 5.41) is 15.0. The van der Waals surface area contributed by atoms with Crippen molar-refractivity contribution in [2.75, 3.05) is 19.8 Å². The number of Topliss-reactive ketones (excluding diaryl/α,β-unsaturated/α-hetero) is 1. The first-order chi connectivity index (χ1) is 14.4. The average Bonchev–Trinajstić information content (AvgIpc) is 3.40. The fourth-order valence-corrected chi connectivity index (χ4v) is 4.85. The molecule has 0 aromatic carbocycles. The molecule has 30 heavy (non-hydrogen) atoms. The Morgan fingerprint density at radius 1 is 1.30 bits per heavy atom. The van der Waals surface area contributed by atoms with Gasteiger partial charge in [-0.25, -0.2) is 0 Å². The highest BCUT2D eigenvalue weighted by molar-refractivity contribution is 5.87. The van der Waals surface area contributed by atoms with Crippen LogP contribution in [0.3, 0.4) is 0 Å². The minimum atomic E-state index is -0.726. The number of nitriles is 1. The number of ketones is 1. The normalized spacial score (nSPS) is 29.9. The van der Waals surface area contributed by atoms with Gasteiger partial charge in [0, 0.05) is 37.1 Å². The van der Waals surface area contributed by atoms with Crippen molar-refractivity contribution < 1.29 is 23.9 Å². The van der Waals surface area contributed by atoms with E-state index >= 15 is 0 Å². The summed E-state index contributed by atoms with van der Waals surface area (Å²) in [6.45, 7) is 5.84. The molecule has 0 unspecified atom stereocenters. The summed E-state index contributed by atoms with van der Waals surface area (Å²) in [5.74, 6) is -0.323. The van der Waals surface area contributed by atoms with E-state index in [1.165, 1.54) is 0 Å². The zero-order valence-corrected chi connectivity index (χ0v) is 17.9. The maximum absolute atomic E-state index is 12.9. The Hall–Kier alpha value is -1.98. The summed E-state index contributed by atoms with van der Waals surface area (Å²) in [7, 11) is 0. The zero-order valence-electron chi connectivity index (χ0n) is 17.9. The first-order valence-corrected chi connectivity index (χ1v) is 11.1. The van der Waals surface area contributed by atoms with Crippen LogP contribution in [-0.2, 0) is 23.9 Å². The molecular weight excluding hydrogens is 386 g/mol. The molecule has 3 fully saturated rings. The molecular formula is C22H33N3O5. The lowest BCUT2D eigenvalue weighted by Crippen LogP contribution is -2.41. The van der Waals surface area contributed by atoms with E-state index in [0.29, 0.717) is 45.4 Å². The van der Waals surface area contributed by atoms with Crippen LogP contribution in [0.4, 0.5) is 0 Å². The number of hydrogen-bond acceptors (Lipinski definition) is 6. The van der Waals surface area contributed by atoms with Crippen molar-refractivity contribution in [1.29, 1.82) is 5.26 Å². The Morgan fingerprint density at radius 3 is 2.77 bits per heavy atom. The predicted octanol–water partition coefficient (Wildman–Crippen LogP) is 1.54. The SMILES string of the molecule is CC(C)C[C@H](CC(=O)C[C@@H]1CO[C@@H]2OCC[C@H]12)C(=O)N[C@H](C#N)C[C@@H]1CCNC1=O. The Kier molecular flexibility index (Phi) is 7.84. The van der Waals surface area contributed by atoms with Crippen molar-refractivity contribution in [2.45, 2.75) is 64.7 Å². The molecule has 0 saturated carbocycles. The topological polar surface area (TPSA) is 118 Å². The summed E-state index contributed by atoms with van der Waals surface area (Å²) in [6.07, 6.45) is 2.86. The van der Waals surface area contributed by atoms with Crippen LogP contribution >= 0.6 is 0 Å². The Labute approximate surface area is 178 Å². The molecule has 3 rings (SSSR count). The van der Waals surface area contributed by atoms with Crippen LogP contribution in [0.2, 0.25) is 0 Å². The molecule has 2 N–H and O–H groups in total. The van der Waals surface area contributed by atoms with Crippen LogP contribution in [0.5, 0.6) is 0 Å². The molecule has 0 aliphatic carbocycles. The second-order valence-electron chi connectivity index (χ2n) is 9.26. The van der Waals surface area contributed by atoms with E-state index in [1.54, 1.807) is 0 Å². The monoisotopic (exact) mass is 419 g/mol. The van der Waals surface area contributed by atoms with Crippen LogP contribution < -0.4 is 10.6 Å². The van der Waals surface area contributed by atoms with Crippen molar-refractivity contribution in [3.05, 3.63) is 0 Å². The molecule has 3 aliphatic rings. The number of carbonyl (C=O) groups is 3. The molecule has 6 atom stereocenters. The minimum Gasteiger partial charge on any atom is -0.356 e. The van der Waals surface area contributed by atoms with Gasteiger partial charge in [-0.2, -0.15) is 5.26 Å². The van der Waals surface area contributed by atoms with Crippen molar-refractivity contribution in [3.63, 3.8) is 0 Å². The lowest BCUT2D eigenvalue weighted by Gasteiger charge is -2.22. The third-order valence-corrected chi connectivity index (χ3v) is 6.41. The maximum atomic E-state index is 12.9. The Morgan fingerprint density at radius 2 is 2.10 bits per heavy atom. The van der Waals surface area contributed by atoms with E-state index in [9.17, 15) is 19.6 Å². The fourth-order valence-electron chi connectivity index (χ4n) is 4.85. The van der Waals surface area contributed by atoms with Gasteiger partial charge in [-0.3, -0.25) is 14.4 Å². The van der Waals surface area contributed by atoms with Crippen LogP contribution in [0.15, 0.2) is 0 Å². The van der Waals surface area contributed by atoms with Crippen molar-refractivity contribution in [1.82, 2.24) is 10.6 Å². The standard InChI is InChI=1S/C22H33N3O5/c1-13(2)7-15(9-18(26)10-16-12-30-22-19(16)4-6-29-22)21(28)25-17(11-23)8-14-3-5-24-20(14)27/h13-17,19,22H,3-10,12H2,1-2H3,(H,24,27)(H,25,28)/t14-,15+,16+,17-,19+,22-/m0/s1. The molecule has 8 nitrogen and oxygen atoms in total. The largest absolute Gasteiger partial charge is 0.356 e. The van der Waals surface area contributed by atoms with E-state index in [0.717, 1.165) is 6.42 Å². The van der Waals surface area contributed by atoms with Gasteiger partial charge >= 0.3 is 0 Å². The van der Waals surface area contributed by atoms with Gasteiger partial charge in [0.1, 0.15) is 11.8 Å². The minimum absolute atomic E-state index is 0.0561. The molecule has 0 spiro atoms.